The molecule has 2 rings (SSSR count). The van der Waals surface area contributed by atoms with Gasteiger partial charge >= 0.3 is 0 Å². The topological polar surface area (TPSA) is 44.0 Å². The first kappa shape index (κ1) is 5.41. The fourth-order valence-corrected chi connectivity index (χ4v) is 1.10. The molecule has 1 aromatic heterocycles. The van der Waals surface area contributed by atoms with E-state index in [1.807, 2.05) is 0 Å². The Balaban J connectivity index is 2.59. The molecule has 0 radical (unpaired) electrons. The number of ketones is 1. The van der Waals surface area contributed by atoms with E-state index in [-0.39, 0.29) is 5.78 Å². The summed E-state index contributed by atoms with van der Waals surface area (Å²) in [6.07, 6.45) is 3.21. The maximum atomic E-state index is 10.7. The number of fused-ring (bicyclic) bond motifs is 1. The maximum Gasteiger partial charge on any atom is 0.184 e. The molecule has 0 amide bonds. The van der Waals surface area contributed by atoms with Crippen molar-refractivity contribution in [2.75, 3.05) is 0 Å². The molecule has 0 atom stereocenters. The Hall–Kier alpha value is -1.38. The number of rotatable bonds is 0. The van der Waals surface area contributed by atoms with Gasteiger partial charge in [-0.05, 0) is 0 Å². The fourth-order valence-electron chi connectivity index (χ4n) is 1.10. The molecule has 1 aliphatic carbocycles. The lowest BCUT2D eigenvalue weighted by Gasteiger charge is -2.13. The molecule has 0 aromatic carbocycles. The van der Waals surface area contributed by atoms with E-state index in [1.165, 1.54) is 12.4 Å². The second-order valence-electron chi connectivity index (χ2n) is 2.34. The van der Waals surface area contributed by atoms with Crippen molar-refractivity contribution in [1.29, 1.82) is 0 Å². The fraction of sp³-hybridized carbons (Fsp3) is 0.143. The third kappa shape index (κ3) is 0.543. The molecular weight excluding hydrogens is 130 g/mol. The van der Waals surface area contributed by atoms with Crippen LogP contribution in [0.4, 0.5) is 0 Å². The third-order valence-corrected chi connectivity index (χ3v) is 1.67. The van der Waals surface area contributed by atoms with Gasteiger partial charge in [0.2, 0.25) is 0 Å². The first-order chi connectivity index (χ1) is 4.77. The van der Waals surface area contributed by atoms with Gasteiger partial charge in [-0.1, -0.05) is 0 Å². The zero-order valence-corrected chi connectivity index (χ0v) is 5.20. The number of nitrogens with zero attached hydrogens (tertiary/aromatic N) is 1. The van der Waals surface area contributed by atoms with Crippen LogP contribution in [0.25, 0.3) is 0 Å². The molecule has 50 valence electrons. The lowest BCUT2D eigenvalue weighted by molar-refractivity contribution is -0.606. The van der Waals surface area contributed by atoms with Crippen LogP contribution in [0.2, 0.25) is 0 Å². The molecule has 3 heteroatoms. The van der Waals surface area contributed by atoms with Crippen molar-refractivity contribution < 1.29 is 9.52 Å². The van der Waals surface area contributed by atoms with Crippen LogP contribution in [0, 0.1) is 5.21 Å². The molecule has 0 spiro atoms. The van der Waals surface area contributed by atoms with Crippen LogP contribution in [0.5, 0.6) is 0 Å². The van der Waals surface area contributed by atoms with Crippen LogP contribution in [0.3, 0.4) is 0 Å². The molecule has 1 aliphatic rings. The molecule has 0 N–H and O–H groups in total. The number of Topliss-reactive ketones (excluding diaryl/α,β-unsaturated/α-hetero) is 1. The average molecular weight is 135 g/mol. The zero-order chi connectivity index (χ0) is 7.14. The number of hydrogen-bond acceptors (Lipinski definition) is 2. The Bertz CT molecular complexity index is 306. The van der Waals surface area contributed by atoms with Crippen LogP contribution >= 0.6 is 0 Å². The van der Waals surface area contributed by atoms with Crippen molar-refractivity contribution in [2.24, 2.45) is 0 Å². The summed E-state index contributed by atoms with van der Waals surface area (Å²) in [7, 11) is 0. The van der Waals surface area contributed by atoms with E-state index in [9.17, 15) is 10.0 Å². The first-order valence-electron chi connectivity index (χ1n) is 3.02. The summed E-state index contributed by atoms with van der Waals surface area (Å²) in [5, 5.41) is 10.6. The summed E-state index contributed by atoms with van der Waals surface area (Å²) < 4.78 is 0.714. The molecule has 0 bridgehead atoms. The van der Waals surface area contributed by atoms with Gasteiger partial charge in [0.1, 0.15) is 0 Å². The number of pyridine rings is 1. The van der Waals surface area contributed by atoms with E-state index in [2.05, 4.69) is 0 Å². The monoisotopic (exact) mass is 135 g/mol. The molecule has 0 aliphatic heterocycles. The number of hydrogen-bond donors (Lipinski definition) is 0. The lowest BCUT2D eigenvalue weighted by atomic mass is 9.89. The zero-order valence-electron chi connectivity index (χ0n) is 5.20. The van der Waals surface area contributed by atoms with Gasteiger partial charge in [0.05, 0.1) is 0 Å². The minimum absolute atomic E-state index is 0.135. The second-order valence-corrected chi connectivity index (χ2v) is 2.34. The predicted molar refractivity (Wildman–Crippen MR) is 33.4 cm³/mol. The van der Waals surface area contributed by atoms with Crippen molar-refractivity contribution >= 4 is 5.78 Å². The second kappa shape index (κ2) is 1.56. The summed E-state index contributed by atoms with van der Waals surface area (Å²) in [4.78, 5) is 10.7. The summed E-state index contributed by atoms with van der Waals surface area (Å²) in [6, 6.07) is 1.56. The molecule has 0 unspecified atom stereocenters. The third-order valence-electron chi connectivity index (χ3n) is 1.67. The van der Waals surface area contributed by atoms with Crippen molar-refractivity contribution in [3.8, 4) is 0 Å². The van der Waals surface area contributed by atoms with Gasteiger partial charge in [0.25, 0.3) is 0 Å². The van der Waals surface area contributed by atoms with Gasteiger partial charge in [-0.15, -0.1) is 0 Å². The normalized spacial score (nSPS) is 14.2. The van der Waals surface area contributed by atoms with Gasteiger partial charge in [-0.2, -0.15) is 4.73 Å². The molecule has 3 nitrogen and oxygen atoms in total. The van der Waals surface area contributed by atoms with E-state index < -0.39 is 0 Å². The van der Waals surface area contributed by atoms with Gasteiger partial charge < -0.3 is 5.21 Å². The van der Waals surface area contributed by atoms with Gasteiger partial charge in [0.15, 0.2) is 18.2 Å². The van der Waals surface area contributed by atoms with Gasteiger partial charge in [-0.3, -0.25) is 4.79 Å². The molecule has 1 aromatic rings. The summed E-state index contributed by atoms with van der Waals surface area (Å²) >= 11 is 0. The molecule has 10 heavy (non-hydrogen) atoms. The van der Waals surface area contributed by atoms with Crippen LogP contribution in [0.15, 0.2) is 18.5 Å². The Morgan fingerprint density at radius 3 is 3.00 bits per heavy atom. The predicted octanol–water partition coefficient (Wildman–Crippen LogP) is 0.0588. The van der Waals surface area contributed by atoms with Crippen molar-refractivity contribution in [1.82, 2.24) is 0 Å². The van der Waals surface area contributed by atoms with Crippen molar-refractivity contribution in [3.05, 3.63) is 34.8 Å². The van der Waals surface area contributed by atoms with E-state index in [4.69, 9.17) is 0 Å². The lowest BCUT2D eigenvalue weighted by Crippen LogP contribution is -2.31. The van der Waals surface area contributed by atoms with E-state index in [1.54, 1.807) is 6.07 Å². The first-order valence-corrected chi connectivity index (χ1v) is 3.02. The van der Waals surface area contributed by atoms with E-state index >= 15 is 0 Å². The Kier molecular flexibility index (Phi) is 0.845. The summed E-state index contributed by atoms with van der Waals surface area (Å²) in [6.45, 7) is 0. The largest absolute Gasteiger partial charge is 0.619 e. The van der Waals surface area contributed by atoms with Gasteiger partial charge in [0, 0.05) is 23.6 Å². The van der Waals surface area contributed by atoms with E-state index in [0.717, 1.165) is 5.56 Å². The molecule has 0 fully saturated rings. The SMILES string of the molecule is O=C1Cc2c[n+]([O-])ccc21. The summed E-state index contributed by atoms with van der Waals surface area (Å²) in [5.41, 5.74) is 1.56. The highest BCUT2D eigenvalue weighted by atomic mass is 16.5. The quantitative estimate of drug-likeness (QED) is 0.373. The molecule has 0 saturated carbocycles. The molecular formula is C7H5NO2. The average Bonchev–Trinajstić information content (AvgIpc) is 1.86. The number of aromatic nitrogens is 1. The minimum atomic E-state index is 0.135. The highest BCUT2D eigenvalue weighted by Crippen LogP contribution is 2.19. The highest BCUT2D eigenvalue weighted by Gasteiger charge is 2.24. The van der Waals surface area contributed by atoms with Crippen LogP contribution in [0.1, 0.15) is 15.9 Å². The molecule has 0 saturated heterocycles. The maximum absolute atomic E-state index is 10.7. The van der Waals surface area contributed by atoms with Crippen LogP contribution in [-0.4, -0.2) is 5.78 Å². The van der Waals surface area contributed by atoms with Gasteiger partial charge in [-0.25, -0.2) is 0 Å². The minimum Gasteiger partial charge on any atom is -0.619 e. The Morgan fingerprint density at radius 1 is 1.60 bits per heavy atom. The smallest absolute Gasteiger partial charge is 0.184 e. The number of carbonyl (C=O) groups excluding carboxylic acids is 1. The standard InChI is InChI=1S/C7H5NO2/c9-7-3-5-4-8(10)2-1-6(5)7/h1-2,4H,3H2. The Labute approximate surface area is 57.5 Å². The molecule has 1 heterocycles. The Morgan fingerprint density at radius 2 is 2.40 bits per heavy atom. The van der Waals surface area contributed by atoms with Crippen LogP contribution < -0.4 is 4.73 Å². The highest BCUT2D eigenvalue weighted by molar-refractivity contribution is 6.06. The summed E-state index contributed by atoms with van der Waals surface area (Å²) in [5.74, 6) is 0.135. The van der Waals surface area contributed by atoms with Crippen LogP contribution in [-0.2, 0) is 6.42 Å². The number of carbonyl (C=O) groups is 1. The van der Waals surface area contributed by atoms with Crippen molar-refractivity contribution in [3.63, 3.8) is 0 Å². The van der Waals surface area contributed by atoms with E-state index in [0.29, 0.717) is 16.7 Å². The van der Waals surface area contributed by atoms with Crippen molar-refractivity contribution in [2.45, 2.75) is 6.42 Å².